The van der Waals surface area contributed by atoms with Gasteiger partial charge in [-0.1, -0.05) is 0 Å². The second kappa shape index (κ2) is 2.44. The van der Waals surface area contributed by atoms with Crippen LogP contribution in [-0.2, 0) is 6.54 Å². The van der Waals surface area contributed by atoms with Gasteiger partial charge in [0.05, 0.1) is 6.54 Å². The molecule has 62 valence electrons. The lowest BCUT2D eigenvalue weighted by Gasteiger charge is -2.13. The summed E-state index contributed by atoms with van der Waals surface area (Å²) < 4.78 is 1.54. The molecule has 0 saturated carbocycles. The van der Waals surface area contributed by atoms with Gasteiger partial charge in [-0.05, 0) is 6.07 Å². The Kier molecular flexibility index (Phi) is 1.43. The molecule has 1 aliphatic rings. The number of aldehydes is 1. The summed E-state index contributed by atoms with van der Waals surface area (Å²) in [5.41, 5.74) is 0.769. The van der Waals surface area contributed by atoms with Crippen LogP contribution in [0.15, 0.2) is 6.07 Å². The zero-order valence-corrected chi connectivity index (χ0v) is 6.28. The highest BCUT2D eigenvalue weighted by Crippen LogP contribution is 2.05. The first kappa shape index (κ1) is 7.02. The molecule has 1 aliphatic heterocycles. The van der Waals surface area contributed by atoms with Crippen molar-refractivity contribution in [2.75, 3.05) is 6.54 Å². The normalized spacial score (nSPS) is 15.2. The third-order valence-corrected chi connectivity index (χ3v) is 1.76. The van der Waals surface area contributed by atoms with Crippen molar-refractivity contribution in [1.82, 2.24) is 15.1 Å². The summed E-state index contributed by atoms with van der Waals surface area (Å²) in [6.07, 6.45) is 0.638. The zero-order valence-electron chi connectivity index (χ0n) is 6.28. The smallest absolute Gasteiger partial charge is 0.269 e. The average Bonchev–Trinajstić information content (AvgIpc) is 2.49. The van der Waals surface area contributed by atoms with Crippen molar-refractivity contribution >= 4 is 12.2 Å². The predicted octanol–water partition coefficient (Wildman–Crippen LogP) is -0.561. The van der Waals surface area contributed by atoms with Gasteiger partial charge >= 0.3 is 0 Å². The third-order valence-electron chi connectivity index (χ3n) is 1.76. The molecule has 2 heterocycles. The van der Waals surface area contributed by atoms with Crippen LogP contribution >= 0.6 is 0 Å². The number of carbonyl (C=O) groups excluding carboxylic acids is 2. The number of amides is 1. The Morgan fingerprint density at radius 1 is 1.67 bits per heavy atom. The first-order valence-corrected chi connectivity index (χ1v) is 3.62. The van der Waals surface area contributed by atoms with Crippen molar-refractivity contribution < 1.29 is 9.59 Å². The Balaban J connectivity index is 2.50. The average molecular weight is 165 g/mol. The lowest BCUT2D eigenvalue weighted by Crippen LogP contribution is -2.35. The lowest BCUT2D eigenvalue weighted by atomic mass is 10.3. The minimum atomic E-state index is -0.165. The lowest BCUT2D eigenvalue weighted by molar-refractivity contribution is 0.0924. The fourth-order valence-corrected chi connectivity index (χ4v) is 1.21. The molecule has 5 heteroatoms. The molecule has 5 nitrogen and oxygen atoms in total. The molecule has 0 unspecified atom stereocenters. The molecule has 0 fully saturated rings. The van der Waals surface area contributed by atoms with E-state index in [1.165, 1.54) is 6.07 Å². The molecule has 0 bridgehead atoms. The van der Waals surface area contributed by atoms with Gasteiger partial charge in [-0.3, -0.25) is 14.3 Å². The zero-order chi connectivity index (χ0) is 8.55. The molecule has 1 aromatic rings. The van der Waals surface area contributed by atoms with Crippen LogP contribution in [-0.4, -0.2) is 28.5 Å². The minimum Gasteiger partial charge on any atom is -0.349 e. The number of aromatic nitrogens is 2. The van der Waals surface area contributed by atoms with E-state index < -0.39 is 0 Å². The van der Waals surface area contributed by atoms with Crippen LogP contribution in [0.25, 0.3) is 0 Å². The molecule has 0 atom stereocenters. The van der Waals surface area contributed by atoms with Crippen LogP contribution in [0.4, 0.5) is 0 Å². The van der Waals surface area contributed by atoms with E-state index in [1.54, 1.807) is 4.68 Å². The van der Waals surface area contributed by atoms with Crippen molar-refractivity contribution in [3.8, 4) is 0 Å². The van der Waals surface area contributed by atoms with Gasteiger partial charge < -0.3 is 5.32 Å². The Labute approximate surface area is 68.4 Å². The summed E-state index contributed by atoms with van der Waals surface area (Å²) in [4.78, 5) is 21.5. The molecule has 0 radical (unpaired) electrons. The van der Waals surface area contributed by atoms with E-state index in [1.807, 2.05) is 0 Å². The summed E-state index contributed by atoms with van der Waals surface area (Å²) in [7, 11) is 0. The number of nitrogens with zero attached hydrogens (tertiary/aromatic N) is 2. The molecule has 1 N–H and O–H groups in total. The molecular weight excluding hydrogens is 158 g/mol. The Bertz CT molecular complexity index is 342. The summed E-state index contributed by atoms with van der Waals surface area (Å²) in [5, 5.41) is 6.57. The monoisotopic (exact) mass is 165 g/mol. The van der Waals surface area contributed by atoms with Crippen molar-refractivity contribution in [3.05, 3.63) is 17.5 Å². The first-order valence-electron chi connectivity index (χ1n) is 3.62. The SMILES string of the molecule is O=Cc1cc2n(n1)CCNC2=O. The van der Waals surface area contributed by atoms with Gasteiger partial charge in [0.1, 0.15) is 11.4 Å². The Hall–Kier alpha value is -1.65. The fraction of sp³-hybridized carbons (Fsp3) is 0.286. The molecule has 0 aliphatic carbocycles. The predicted molar refractivity (Wildman–Crippen MR) is 39.9 cm³/mol. The number of carbonyl (C=O) groups is 2. The second-order valence-electron chi connectivity index (χ2n) is 2.55. The highest BCUT2D eigenvalue weighted by molar-refractivity contribution is 5.94. The first-order chi connectivity index (χ1) is 5.81. The maximum atomic E-state index is 11.1. The highest BCUT2D eigenvalue weighted by atomic mass is 16.2. The number of hydrogen-bond acceptors (Lipinski definition) is 3. The molecule has 1 amide bonds. The molecule has 2 rings (SSSR count). The van der Waals surface area contributed by atoms with Gasteiger partial charge in [0.2, 0.25) is 0 Å². The van der Waals surface area contributed by atoms with Gasteiger partial charge in [0.15, 0.2) is 6.29 Å². The van der Waals surface area contributed by atoms with Crippen molar-refractivity contribution in [2.24, 2.45) is 0 Å². The third kappa shape index (κ3) is 0.903. The number of fused-ring (bicyclic) bond motifs is 1. The van der Waals surface area contributed by atoms with Crippen LogP contribution in [0, 0.1) is 0 Å². The summed E-state index contributed by atoms with van der Waals surface area (Å²) >= 11 is 0. The highest BCUT2D eigenvalue weighted by Gasteiger charge is 2.18. The quantitative estimate of drug-likeness (QED) is 0.567. The Morgan fingerprint density at radius 2 is 2.50 bits per heavy atom. The van der Waals surface area contributed by atoms with E-state index in [9.17, 15) is 9.59 Å². The maximum absolute atomic E-state index is 11.1. The van der Waals surface area contributed by atoms with E-state index in [0.29, 0.717) is 30.8 Å². The minimum absolute atomic E-state index is 0.165. The summed E-state index contributed by atoms with van der Waals surface area (Å²) in [6.45, 7) is 1.21. The van der Waals surface area contributed by atoms with Crippen LogP contribution in [0.5, 0.6) is 0 Å². The van der Waals surface area contributed by atoms with Gasteiger partial charge in [-0.15, -0.1) is 0 Å². The molecule has 0 spiro atoms. The molecule has 0 aromatic carbocycles. The molecule has 12 heavy (non-hydrogen) atoms. The van der Waals surface area contributed by atoms with Gasteiger partial charge in [-0.2, -0.15) is 5.10 Å². The van der Waals surface area contributed by atoms with E-state index >= 15 is 0 Å². The maximum Gasteiger partial charge on any atom is 0.269 e. The van der Waals surface area contributed by atoms with Crippen LogP contribution in [0.3, 0.4) is 0 Å². The summed E-state index contributed by atoms with van der Waals surface area (Å²) in [6, 6.07) is 1.49. The largest absolute Gasteiger partial charge is 0.349 e. The van der Waals surface area contributed by atoms with E-state index in [2.05, 4.69) is 10.4 Å². The topological polar surface area (TPSA) is 64.0 Å². The number of nitrogens with one attached hydrogen (secondary N) is 1. The molecular formula is C7H7N3O2. The molecule has 0 saturated heterocycles. The van der Waals surface area contributed by atoms with Gasteiger partial charge in [0, 0.05) is 6.54 Å². The standard InChI is InChI=1S/C7H7N3O2/c11-4-5-3-6-7(12)8-1-2-10(6)9-5/h3-4H,1-2H2,(H,8,12). The fourth-order valence-electron chi connectivity index (χ4n) is 1.21. The second-order valence-corrected chi connectivity index (χ2v) is 2.55. The van der Waals surface area contributed by atoms with Crippen LogP contribution in [0.2, 0.25) is 0 Å². The number of hydrogen-bond donors (Lipinski definition) is 1. The van der Waals surface area contributed by atoms with Crippen LogP contribution in [0.1, 0.15) is 21.0 Å². The number of rotatable bonds is 1. The van der Waals surface area contributed by atoms with E-state index in [4.69, 9.17) is 0 Å². The van der Waals surface area contributed by atoms with Crippen molar-refractivity contribution in [3.63, 3.8) is 0 Å². The Morgan fingerprint density at radius 3 is 3.17 bits per heavy atom. The molecule has 1 aromatic heterocycles. The van der Waals surface area contributed by atoms with E-state index in [0.717, 1.165) is 0 Å². The van der Waals surface area contributed by atoms with Crippen molar-refractivity contribution in [1.29, 1.82) is 0 Å². The van der Waals surface area contributed by atoms with Crippen LogP contribution < -0.4 is 5.32 Å². The van der Waals surface area contributed by atoms with Crippen molar-refractivity contribution in [2.45, 2.75) is 6.54 Å². The van der Waals surface area contributed by atoms with E-state index in [-0.39, 0.29) is 5.91 Å². The van der Waals surface area contributed by atoms with Gasteiger partial charge in [-0.25, -0.2) is 0 Å². The summed E-state index contributed by atoms with van der Waals surface area (Å²) in [5.74, 6) is -0.165. The van der Waals surface area contributed by atoms with Gasteiger partial charge in [0.25, 0.3) is 5.91 Å².